The highest BCUT2D eigenvalue weighted by atomic mass is 35.5. The summed E-state index contributed by atoms with van der Waals surface area (Å²) in [5, 5.41) is 5.83. The number of carbonyl (C=O) groups excluding carboxylic acids is 5. The first-order chi connectivity index (χ1) is 18.7. The van der Waals surface area contributed by atoms with Crippen LogP contribution in [0.5, 0.6) is 0 Å². The number of nitrogens with zero attached hydrogens (tertiary/aromatic N) is 1. The lowest BCUT2D eigenvalue weighted by Crippen LogP contribution is -2.59. The first kappa shape index (κ1) is 36.1. The number of alkyl halides is 2. The van der Waals surface area contributed by atoms with Gasteiger partial charge in [-0.2, -0.15) is 0 Å². The number of rotatable bonds is 8. The Morgan fingerprint density at radius 2 is 1.57 bits per heavy atom. The first-order valence-corrected chi connectivity index (χ1v) is 15.2. The van der Waals surface area contributed by atoms with Gasteiger partial charge in [0.05, 0.1) is 6.04 Å². The van der Waals surface area contributed by atoms with Crippen molar-refractivity contribution in [1.82, 2.24) is 15.5 Å². The van der Waals surface area contributed by atoms with Crippen molar-refractivity contribution in [3.63, 3.8) is 0 Å². The van der Waals surface area contributed by atoms with Gasteiger partial charge in [-0.05, 0) is 43.9 Å². The fourth-order valence-electron chi connectivity index (χ4n) is 5.22. The maximum Gasteiger partial charge on any atom is 0.315 e. The van der Waals surface area contributed by atoms with E-state index in [0.29, 0.717) is 19.0 Å². The number of likely N-dealkylation sites (tertiary alicyclic amines) is 1. The lowest BCUT2D eigenvalue weighted by molar-refractivity contribution is -0.139. The van der Waals surface area contributed by atoms with Gasteiger partial charge in [-0.25, -0.2) is 4.79 Å². The number of hydrogen-bond acceptors (Lipinski definition) is 6. The molecule has 0 spiro atoms. The van der Waals surface area contributed by atoms with Gasteiger partial charge in [-0.3, -0.25) is 14.4 Å². The SMILES string of the molecule is CC(C)(C)C(NC(=O)NC1CCCCC1)C(=O)N1CCC(C(Cl)Cl)C1C=O.CC(N)CC1CCC1.NC(=O)C=O. The average Bonchev–Trinajstić information content (AvgIpc) is 3.30. The van der Waals surface area contributed by atoms with Crippen molar-refractivity contribution in [3.8, 4) is 0 Å². The van der Waals surface area contributed by atoms with Crippen LogP contribution in [0.4, 0.5) is 4.79 Å². The molecule has 3 fully saturated rings. The Bertz CT molecular complexity index is 826. The molecular weight excluding hydrogens is 557 g/mol. The molecule has 0 bridgehead atoms. The normalized spacial score (nSPS) is 22.9. The van der Waals surface area contributed by atoms with Crippen LogP contribution in [0.1, 0.15) is 91.9 Å². The molecule has 2 saturated carbocycles. The summed E-state index contributed by atoms with van der Waals surface area (Å²) in [5.74, 6) is -0.499. The van der Waals surface area contributed by atoms with Crippen LogP contribution < -0.4 is 22.1 Å². The predicted molar refractivity (Wildman–Crippen MR) is 158 cm³/mol. The van der Waals surface area contributed by atoms with Gasteiger partial charge in [0, 0.05) is 24.5 Å². The van der Waals surface area contributed by atoms with Gasteiger partial charge >= 0.3 is 6.03 Å². The summed E-state index contributed by atoms with van der Waals surface area (Å²) in [6, 6.07) is -1.15. The zero-order chi connectivity index (χ0) is 30.5. The number of aldehydes is 2. The minimum atomic E-state index is -0.926. The molecule has 4 unspecified atom stereocenters. The summed E-state index contributed by atoms with van der Waals surface area (Å²) in [5.41, 5.74) is 9.38. The minimum absolute atomic E-state index is 0.0556. The van der Waals surface area contributed by atoms with Crippen LogP contribution in [-0.2, 0) is 19.2 Å². The highest BCUT2D eigenvalue weighted by Crippen LogP contribution is 2.33. The van der Waals surface area contributed by atoms with Gasteiger partial charge in [-0.1, -0.05) is 59.3 Å². The maximum atomic E-state index is 13.2. The van der Waals surface area contributed by atoms with Gasteiger partial charge < -0.3 is 31.8 Å². The van der Waals surface area contributed by atoms with E-state index in [1.54, 1.807) is 0 Å². The fraction of sp³-hybridized carbons (Fsp3) is 0.821. The molecule has 2 aliphatic carbocycles. The van der Waals surface area contributed by atoms with Crippen molar-refractivity contribution < 1.29 is 24.0 Å². The van der Waals surface area contributed by atoms with E-state index in [1.165, 1.54) is 37.0 Å². The van der Waals surface area contributed by atoms with Crippen molar-refractivity contribution in [2.24, 2.45) is 28.7 Å². The summed E-state index contributed by atoms with van der Waals surface area (Å²) < 4.78 is 0. The number of halogens is 2. The number of carbonyl (C=O) groups is 5. The fourth-order valence-corrected chi connectivity index (χ4v) is 5.77. The van der Waals surface area contributed by atoms with E-state index in [-0.39, 0.29) is 30.2 Å². The number of nitrogens with two attached hydrogens (primary N) is 2. The molecule has 0 aromatic carbocycles. The molecule has 12 heteroatoms. The van der Waals surface area contributed by atoms with Crippen LogP contribution in [0, 0.1) is 17.3 Å². The Balaban J connectivity index is 0.000000504. The number of hydrogen-bond donors (Lipinski definition) is 4. The smallest absolute Gasteiger partial charge is 0.315 e. The second kappa shape index (κ2) is 17.8. The molecule has 3 aliphatic rings. The van der Waals surface area contributed by atoms with Crippen LogP contribution in [-0.4, -0.2) is 70.9 Å². The van der Waals surface area contributed by atoms with Crippen LogP contribution in [0.15, 0.2) is 0 Å². The van der Waals surface area contributed by atoms with Crippen molar-refractivity contribution in [1.29, 1.82) is 0 Å². The van der Waals surface area contributed by atoms with E-state index in [4.69, 9.17) is 33.7 Å². The van der Waals surface area contributed by atoms with E-state index >= 15 is 0 Å². The van der Waals surface area contributed by atoms with Crippen LogP contribution in [0.2, 0.25) is 0 Å². The molecule has 1 saturated heterocycles. The highest BCUT2D eigenvalue weighted by molar-refractivity contribution is 6.44. The molecule has 230 valence electrons. The lowest BCUT2D eigenvalue weighted by Gasteiger charge is -2.36. The Kier molecular flexibility index (Phi) is 16.1. The molecule has 1 heterocycles. The van der Waals surface area contributed by atoms with Gasteiger partial charge in [0.2, 0.25) is 12.2 Å². The number of urea groups is 1. The quantitative estimate of drug-likeness (QED) is 0.188. The van der Waals surface area contributed by atoms with Gasteiger partial charge in [0.25, 0.3) is 5.91 Å². The number of nitrogens with one attached hydrogen (secondary N) is 2. The molecule has 3 rings (SSSR count). The van der Waals surface area contributed by atoms with E-state index in [0.717, 1.165) is 37.9 Å². The maximum absolute atomic E-state index is 13.2. The molecule has 4 atom stereocenters. The Morgan fingerprint density at radius 1 is 1.00 bits per heavy atom. The first-order valence-electron chi connectivity index (χ1n) is 14.3. The summed E-state index contributed by atoms with van der Waals surface area (Å²) in [6.45, 7) is 8.18. The number of amides is 4. The Hall–Kier alpha value is -1.91. The van der Waals surface area contributed by atoms with Crippen LogP contribution >= 0.6 is 23.2 Å². The lowest BCUT2D eigenvalue weighted by atomic mass is 9.81. The molecule has 0 aromatic heterocycles. The largest absolute Gasteiger partial charge is 0.363 e. The van der Waals surface area contributed by atoms with E-state index < -0.39 is 28.2 Å². The molecule has 0 aromatic rings. The van der Waals surface area contributed by atoms with Gasteiger partial charge in [-0.15, -0.1) is 23.2 Å². The average molecular weight is 607 g/mol. The van der Waals surface area contributed by atoms with Gasteiger partial charge in [0.1, 0.15) is 17.2 Å². The summed E-state index contributed by atoms with van der Waals surface area (Å²) in [6.07, 6.45) is 12.3. The van der Waals surface area contributed by atoms with Crippen molar-refractivity contribution >= 4 is 53.6 Å². The Morgan fingerprint density at radius 3 is 1.95 bits per heavy atom. The second-order valence-electron chi connectivity index (χ2n) is 12.2. The molecule has 4 amide bonds. The Labute approximate surface area is 249 Å². The van der Waals surface area contributed by atoms with E-state index in [9.17, 15) is 19.2 Å². The second-order valence-corrected chi connectivity index (χ2v) is 13.4. The third kappa shape index (κ3) is 12.7. The predicted octanol–water partition coefficient (Wildman–Crippen LogP) is 3.45. The minimum Gasteiger partial charge on any atom is -0.363 e. The van der Waals surface area contributed by atoms with Crippen LogP contribution in [0.3, 0.4) is 0 Å². The number of primary amides is 1. The zero-order valence-electron chi connectivity index (χ0n) is 24.4. The molecule has 40 heavy (non-hydrogen) atoms. The third-order valence-electron chi connectivity index (χ3n) is 7.62. The monoisotopic (exact) mass is 605 g/mol. The molecule has 1 aliphatic heterocycles. The summed E-state index contributed by atoms with van der Waals surface area (Å²) in [7, 11) is 0. The molecular formula is C28H49Cl2N5O5. The summed E-state index contributed by atoms with van der Waals surface area (Å²) in [4.78, 5) is 56.3. The topological polar surface area (TPSA) is 165 Å². The van der Waals surface area contributed by atoms with Crippen molar-refractivity contribution in [2.45, 2.75) is 121 Å². The van der Waals surface area contributed by atoms with Gasteiger partial charge in [0.15, 0.2) is 0 Å². The molecule has 6 N–H and O–H groups in total. The summed E-state index contributed by atoms with van der Waals surface area (Å²) >= 11 is 12.0. The van der Waals surface area contributed by atoms with Crippen molar-refractivity contribution in [2.75, 3.05) is 6.54 Å². The standard InChI is InChI=1S/C19H31Cl2N3O3.C7H15N.C2H3NO2/c1-19(2,3)15(23-18(27)22-12-7-5-4-6-8-12)17(26)24-10-9-13(16(20)21)14(24)11-25;1-6(8)5-7-3-2-4-7;3-2(5)1-4/h11-16H,4-10H2,1-3H3,(H2,22,23,27);6-7H,2-5,8H2,1H3;1H,(H2,3,5). The van der Waals surface area contributed by atoms with Crippen LogP contribution in [0.25, 0.3) is 0 Å². The molecule has 10 nitrogen and oxygen atoms in total. The third-order valence-corrected chi connectivity index (χ3v) is 8.27. The zero-order valence-corrected chi connectivity index (χ0v) is 25.9. The van der Waals surface area contributed by atoms with Crippen molar-refractivity contribution in [3.05, 3.63) is 0 Å². The highest BCUT2D eigenvalue weighted by Gasteiger charge is 2.44. The van der Waals surface area contributed by atoms with E-state index in [2.05, 4.69) is 23.3 Å². The molecule has 0 radical (unpaired) electrons. The van der Waals surface area contributed by atoms with E-state index in [1.807, 2.05) is 20.8 Å².